The third-order valence-corrected chi connectivity index (χ3v) is 9.56. The molecule has 5 heteroatoms. The maximum absolute atomic E-state index is 7.28. The normalized spacial score (nSPS) is 13.0. The van der Waals surface area contributed by atoms with E-state index in [1.807, 2.05) is 12.1 Å². The molecule has 0 saturated heterocycles. The van der Waals surface area contributed by atoms with Crippen LogP contribution in [0.25, 0.3) is 60.6 Å². The number of aromatic nitrogens is 3. The smallest absolute Gasteiger partial charge is 0.0774 e. The Kier molecular flexibility index (Phi) is 8.58. The Hall–Kier alpha value is -5.45. The summed E-state index contributed by atoms with van der Waals surface area (Å²) < 4.78 is 47.1. The average molecular weight is 872 g/mol. The zero-order chi connectivity index (χ0) is 39.6. The number of nitrogens with zero attached hydrogens (tertiary/aromatic N) is 3. The number of rotatable bonds is 6. The number of para-hydroxylation sites is 2. The van der Waals surface area contributed by atoms with Gasteiger partial charge in [0.2, 0.25) is 0 Å². The zero-order valence-electron chi connectivity index (χ0n) is 33.9. The van der Waals surface area contributed by atoms with E-state index in [0.717, 1.165) is 34.5 Å². The summed E-state index contributed by atoms with van der Waals surface area (Å²) in [4.78, 5) is 9.17. The van der Waals surface area contributed by atoms with Gasteiger partial charge in [-0.3, -0.25) is 16.3 Å². The van der Waals surface area contributed by atoms with Crippen LogP contribution in [0.1, 0.15) is 30.5 Å². The summed E-state index contributed by atoms with van der Waals surface area (Å²) in [5.41, 5.74) is 10.8. The van der Waals surface area contributed by atoms with E-state index in [2.05, 4.69) is 136 Å². The van der Waals surface area contributed by atoms with Crippen molar-refractivity contribution in [3.05, 3.63) is 198 Å². The minimum atomic E-state index is -2.18. The van der Waals surface area contributed by atoms with Crippen molar-refractivity contribution < 1.29 is 28.3 Å². The van der Waals surface area contributed by atoms with Gasteiger partial charge in [0, 0.05) is 40.2 Å². The van der Waals surface area contributed by atoms with Gasteiger partial charge in [0.1, 0.15) is 0 Å². The fourth-order valence-corrected chi connectivity index (χ4v) is 7.06. The van der Waals surface area contributed by atoms with Crippen molar-refractivity contribution in [3.8, 4) is 39.5 Å². The number of benzene rings is 6. The molecule has 0 aliphatic carbocycles. The van der Waals surface area contributed by atoms with Crippen LogP contribution in [0.4, 0.5) is 0 Å². The first-order valence-electron chi connectivity index (χ1n) is 19.6. The van der Waals surface area contributed by atoms with Gasteiger partial charge in [0.25, 0.3) is 0 Å². The Morgan fingerprint density at radius 3 is 2.15 bits per heavy atom. The van der Waals surface area contributed by atoms with Crippen molar-refractivity contribution in [2.75, 3.05) is 0 Å². The van der Waals surface area contributed by atoms with E-state index in [0.29, 0.717) is 11.3 Å². The topological polar surface area (TPSA) is 30.7 Å². The largest absolute Gasteiger partial charge is 0.333 e. The van der Waals surface area contributed by atoms with Gasteiger partial charge < -0.3 is 9.55 Å². The van der Waals surface area contributed by atoms with Crippen molar-refractivity contribution in [2.45, 2.75) is 20.1 Å². The Morgan fingerprint density at radius 2 is 1.42 bits per heavy atom. The number of imidazole rings is 1. The van der Waals surface area contributed by atoms with Crippen LogP contribution in [0.3, 0.4) is 0 Å². The van der Waals surface area contributed by atoms with Crippen LogP contribution < -0.4 is 0 Å². The van der Waals surface area contributed by atoms with Gasteiger partial charge in [-0.15, -0.1) is 46.8 Å². The summed E-state index contributed by atoms with van der Waals surface area (Å²) in [6, 6.07) is 55.4. The predicted molar refractivity (Wildman–Crippen MR) is 213 cm³/mol. The summed E-state index contributed by atoms with van der Waals surface area (Å²) in [6.45, 7) is -4.34. The van der Waals surface area contributed by atoms with Gasteiger partial charge in [-0.05, 0) is 65.5 Å². The maximum Gasteiger partial charge on any atom is 0.0774 e. The van der Waals surface area contributed by atoms with Crippen LogP contribution in [0.5, 0.6) is 0 Å². The standard InChI is InChI=1S/C34H23N2S.C13H12N.Ir/c1-3-9-24(10-4-1)21-25-15-20-29-30(23-37-33(29)22-25)34-35-31-13-7-8-14-32(31)36(34)28-18-16-27(17-19-28)26-11-5-2-6-12-26;1-10-3-6-12(7-4-10)13-8-5-11(2)9-14-13;/h1-20,22H,21H2;3-6,8-9H,1-2H3;/q2*-1;/i;1D3,2D3;. The molecular weight excluding hydrogens is 831 g/mol. The molecule has 1 radical (unpaired) electrons. The quantitative estimate of drug-likeness (QED) is 0.156. The van der Waals surface area contributed by atoms with E-state index in [1.54, 1.807) is 23.5 Å². The summed E-state index contributed by atoms with van der Waals surface area (Å²) in [5.74, 6) is 0.927. The molecule has 0 N–H and O–H groups in total. The van der Waals surface area contributed by atoms with Gasteiger partial charge in [0.05, 0.1) is 16.9 Å². The van der Waals surface area contributed by atoms with Crippen LogP contribution >= 0.6 is 11.3 Å². The Bertz CT molecular complexity index is 2710. The first kappa shape index (κ1) is 28.2. The van der Waals surface area contributed by atoms with Crippen molar-refractivity contribution >= 4 is 32.5 Å². The van der Waals surface area contributed by atoms with Crippen molar-refractivity contribution in [1.29, 1.82) is 0 Å². The molecule has 0 aliphatic heterocycles. The van der Waals surface area contributed by atoms with Crippen LogP contribution in [-0.4, -0.2) is 14.5 Å². The molecule has 0 fully saturated rings. The molecule has 0 atom stereocenters. The Morgan fingerprint density at radius 1 is 0.692 bits per heavy atom. The molecule has 9 aromatic rings. The molecular formula is C47H35IrN3S-2. The molecule has 9 rings (SSSR count). The van der Waals surface area contributed by atoms with Gasteiger partial charge in [-0.2, -0.15) is 0 Å². The SMILES string of the molecule is [2H]C([2H])([2H])c1c[c-]c(-c2ccc(C([2H])([2H])[2H])cn2)cc1.[Ir].[c-]1sc2cc(Cc3ccccc3)ccc2c1-c1nc2ccccc2n1-c1ccc(-c2ccccc2)cc1. The van der Waals surface area contributed by atoms with E-state index in [4.69, 9.17) is 13.2 Å². The molecule has 6 aromatic carbocycles. The second kappa shape index (κ2) is 15.8. The van der Waals surface area contributed by atoms with Crippen LogP contribution in [-0.2, 0) is 26.5 Å². The van der Waals surface area contributed by atoms with E-state index >= 15 is 0 Å². The van der Waals surface area contributed by atoms with Gasteiger partial charge >= 0.3 is 0 Å². The van der Waals surface area contributed by atoms with Crippen LogP contribution in [0.2, 0.25) is 0 Å². The summed E-state index contributed by atoms with van der Waals surface area (Å²) >= 11 is 1.67. The molecule has 0 amide bonds. The third-order valence-electron chi connectivity index (χ3n) is 8.70. The second-order valence-corrected chi connectivity index (χ2v) is 13.0. The zero-order valence-corrected chi connectivity index (χ0v) is 31.1. The van der Waals surface area contributed by atoms with Crippen LogP contribution in [0.15, 0.2) is 164 Å². The van der Waals surface area contributed by atoms with Gasteiger partial charge in [0.15, 0.2) is 0 Å². The first-order valence-corrected chi connectivity index (χ1v) is 17.4. The second-order valence-electron chi connectivity index (χ2n) is 12.2. The number of fused-ring (bicyclic) bond motifs is 2. The minimum Gasteiger partial charge on any atom is -0.333 e. The molecule has 3 nitrogen and oxygen atoms in total. The van der Waals surface area contributed by atoms with Crippen LogP contribution in [0, 0.1) is 25.2 Å². The Balaban J connectivity index is 0.000000208. The van der Waals surface area contributed by atoms with Gasteiger partial charge in [-0.1, -0.05) is 137 Å². The fourth-order valence-electron chi connectivity index (χ4n) is 6.15. The van der Waals surface area contributed by atoms with E-state index < -0.39 is 13.7 Å². The summed E-state index contributed by atoms with van der Waals surface area (Å²) in [7, 11) is 0. The van der Waals surface area contributed by atoms with Gasteiger partial charge in [-0.25, -0.2) is 0 Å². The van der Waals surface area contributed by atoms with E-state index in [1.165, 1.54) is 56.7 Å². The van der Waals surface area contributed by atoms with E-state index in [9.17, 15) is 0 Å². The molecule has 0 unspecified atom stereocenters. The molecule has 0 bridgehead atoms. The molecule has 52 heavy (non-hydrogen) atoms. The third kappa shape index (κ3) is 7.58. The molecule has 0 spiro atoms. The average Bonchev–Trinajstić information content (AvgIpc) is 3.83. The molecule has 255 valence electrons. The number of hydrogen-bond donors (Lipinski definition) is 0. The summed E-state index contributed by atoms with van der Waals surface area (Å²) in [6.07, 6.45) is 2.23. The minimum absolute atomic E-state index is 0. The monoisotopic (exact) mass is 872 g/mol. The number of pyridine rings is 1. The molecule has 3 heterocycles. The maximum atomic E-state index is 7.28. The van der Waals surface area contributed by atoms with Crippen molar-refractivity contribution in [1.82, 2.24) is 14.5 Å². The Labute approximate surface area is 331 Å². The molecule has 0 saturated carbocycles. The summed E-state index contributed by atoms with van der Waals surface area (Å²) in [5, 5.41) is 4.78. The number of thiophene rings is 1. The number of aryl methyl sites for hydroxylation is 2. The molecule has 3 aromatic heterocycles. The van der Waals surface area contributed by atoms with Crippen molar-refractivity contribution in [2.24, 2.45) is 0 Å². The van der Waals surface area contributed by atoms with E-state index in [-0.39, 0.29) is 31.2 Å². The predicted octanol–water partition coefficient (Wildman–Crippen LogP) is 12.1. The fraction of sp³-hybridized carbons (Fsp3) is 0.0638. The van der Waals surface area contributed by atoms with Crippen molar-refractivity contribution in [3.63, 3.8) is 0 Å². The molecule has 0 aliphatic rings. The number of hydrogen-bond acceptors (Lipinski definition) is 3. The first-order chi connectivity index (χ1) is 27.5.